The topological polar surface area (TPSA) is 52.7 Å². The molecule has 2 amide bonds. The molecule has 0 aromatic heterocycles. The molecule has 1 N–H and O–H groups in total. The van der Waals surface area contributed by atoms with Crippen molar-refractivity contribution in [2.75, 3.05) is 31.6 Å². The van der Waals surface area contributed by atoms with Gasteiger partial charge in [0.2, 0.25) is 11.8 Å². The fourth-order valence-corrected chi connectivity index (χ4v) is 2.90. The van der Waals surface area contributed by atoms with E-state index in [1.165, 1.54) is 0 Å². The maximum Gasteiger partial charge on any atom is 0.223 e. The molecule has 1 fully saturated rings. The third kappa shape index (κ3) is 4.71. The summed E-state index contributed by atoms with van der Waals surface area (Å²) in [5, 5.41) is 3.06. The molecule has 1 aliphatic heterocycles. The minimum absolute atomic E-state index is 0.0276. The van der Waals surface area contributed by atoms with E-state index in [-0.39, 0.29) is 23.8 Å². The number of likely N-dealkylation sites (tertiary alicyclic amines) is 1. The number of anilines is 1. The Balaban J connectivity index is 1.77. The van der Waals surface area contributed by atoms with Crippen LogP contribution in [-0.2, 0) is 9.59 Å². The maximum atomic E-state index is 12.3. The molecule has 5 heteroatoms. The maximum absolute atomic E-state index is 12.3. The zero-order valence-electron chi connectivity index (χ0n) is 14.3. The summed E-state index contributed by atoms with van der Waals surface area (Å²) in [4.78, 5) is 27.6. The molecule has 23 heavy (non-hydrogen) atoms. The fourth-order valence-electron chi connectivity index (χ4n) is 2.90. The lowest BCUT2D eigenvalue weighted by molar-refractivity contribution is -0.133. The zero-order valence-corrected chi connectivity index (χ0v) is 14.3. The number of para-hydroxylation sites is 1. The van der Waals surface area contributed by atoms with Gasteiger partial charge in [-0.1, -0.05) is 18.2 Å². The molecule has 1 heterocycles. The van der Waals surface area contributed by atoms with Gasteiger partial charge in [-0.15, -0.1) is 0 Å². The first-order valence-corrected chi connectivity index (χ1v) is 8.30. The fraction of sp³-hybridized carbons (Fsp3) is 0.556. The van der Waals surface area contributed by atoms with Crippen LogP contribution in [0.3, 0.4) is 0 Å². The predicted octanol–water partition coefficient (Wildman–Crippen LogP) is 1.89. The summed E-state index contributed by atoms with van der Waals surface area (Å²) in [6.07, 6.45) is 1.52. The highest BCUT2D eigenvalue weighted by atomic mass is 16.2. The Morgan fingerprint density at radius 3 is 2.43 bits per heavy atom. The van der Waals surface area contributed by atoms with Crippen molar-refractivity contribution in [3.8, 4) is 0 Å². The highest BCUT2D eigenvalue weighted by Gasteiger charge is 2.26. The Morgan fingerprint density at radius 1 is 1.26 bits per heavy atom. The molecule has 0 aliphatic carbocycles. The molecule has 5 nitrogen and oxygen atoms in total. The van der Waals surface area contributed by atoms with Crippen LogP contribution >= 0.6 is 0 Å². The smallest absolute Gasteiger partial charge is 0.223 e. The van der Waals surface area contributed by atoms with Crippen LogP contribution in [0.5, 0.6) is 0 Å². The van der Waals surface area contributed by atoms with Gasteiger partial charge in [-0.25, -0.2) is 0 Å². The third-order valence-corrected chi connectivity index (χ3v) is 4.71. The normalized spacial score (nSPS) is 16.7. The van der Waals surface area contributed by atoms with Gasteiger partial charge in [0.15, 0.2) is 0 Å². The summed E-state index contributed by atoms with van der Waals surface area (Å²) in [5.74, 6) is 0.239. The molecule has 0 saturated carbocycles. The SMILES string of the molecule is CC(=O)N1CCC(C(=O)NC[C@@H](C)N(C)c2ccccc2)CC1. The van der Waals surface area contributed by atoms with Gasteiger partial charge in [0, 0.05) is 51.3 Å². The van der Waals surface area contributed by atoms with Crippen LogP contribution in [0, 0.1) is 5.92 Å². The monoisotopic (exact) mass is 317 g/mol. The second-order valence-electron chi connectivity index (χ2n) is 6.32. The van der Waals surface area contributed by atoms with E-state index in [1.807, 2.05) is 30.1 Å². The number of carbonyl (C=O) groups excluding carboxylic acids is 2. The minimum Gasteiger partial charge on any atom is -0.370 e. The van der Waals surface area contributed by atoms with Gasteiger partial charge in [0.05, 0.1) is 0 Å². The average molecular weight is 317 g/mol. The molecule has 1 aromatic carbocycles. The number of benzene rings is 1. The Morgan fingerprint density at radius 2 is 1.87 bits per heavy atom. The molecule has 1 atom stereocenters. The summed E-state index contributed by atoms with van der Waals surface area (Å²) >= 11 is 0. The predicted molar refractivity (Wildman–Crippen MR) is 92.3 cm³/mol. The summed E-state index contributed by atoms with van der Waals surface area (Å²) in [5.41, 5.74) is 1.14. The molecule has 0 unspecified atom stereocenters. The van der Waals surface area contributed by atoms with Gasteiger partial charge < -0.3 is 15.1 Å². The van der Waals surface area contributed by atoms with Crippen LogP contribution in [0.15, 0.2) is 30.3 Å². The first-order valence-electron chi connectivity index (χ1n) is 8.30. The van der Waals surface area contributed by atoms with Gasteiger partial charge >= 0.3 is 0 Å². The number of carbonyl (C=O) groups is 2. The van der Waals surface area contributed by atoms with Crippen LogP contribution in [0.2, 0.25) is 0 Å². The number of hydrogen-bond acceptors (Lipinski definition) is 3. The first kappa shape index (κ1) is 17.3. The summed E-state index contributed by atoms with van der Waals surface area (Å²) in [7, 11) is 2.04. The van der Waals surface area contributed by atoms with E-state index in [9.17, 15) is 9.59 Å². The quantitative estimate of drug-likeness (QED) is 0.902. The van der Waals surface area contributed by atoms with Crippen molar-refractivity contribution in [3.63, 3.8) is 0 Å². The zero-order chi connectivity index (χ0) is 16.8. The number of nitrogens with one attached hydrogen (secondary N) is 1. The van der Waals surface area contributed by atoms with Crippen molar-refractivity contribution in [2.24, 2.45) is 5.92 Å². The average Bonchev–Trinajstić information content (AvgIpc) is 2.59. The van der Waals surface area contributed by atoms with Gasteiger partial charge in [-0.3, -0.25) is 9.59 Å². The third-order valence-electron chi connectivity index (χ3n) is 4.71. The Bertz CT molecular complexity index is 524. The summed E-state index contributed by atoms with van der Waals surface area (Å²) in [6, 6.07) is 10.4. The molecule has 126 valence electrons. The molecule has 1 saturated heterocycles. The summed E-state index contributed by atoms with van der Waals surface area (Å²) < 4.78 is 0. The minimum atomic E-state index is 0.0276. The number of nitrogens with zero attached hydrogens (tertiary/aromatic N) is 2. The van der Waals surface area contributed by atoms with Crippen molar-refractivity contribution >= 4 is 17.5 Å². The lowest BCUT2D eigenvalue weighted by Crippen LogP contribution is -2.45. The molecule has 0 spiro atoms. The lowest BCUT2D eigenvalue weighted by atomic mass is 9.96. The largest absolute Gasteiger partial charge is 0.370 e. The van der Waals surface area contributed by atoms with Gasteiger partial charge in [0.25, 0.3) is 0 Å². The summed E-state index contributed by atoms with van der Waals surface area (Å²) in [6.45, 7) is 5.68. The van der Waals surface area contributed by atoms with Crippen molar-refractivity contribution in [2.45, 2.75) is 32.7 Å². The van der Waals surface area contributed by atoms with Crippen LogP contribution in [0.1, 0.15) is 26.7 Å². The van der Waals surface area contributed by atoms with E-state index in [0.717, 1.165) is 18.5 Å². The van der Waals surface area contributed by atoms with Gasteiger partial charge in [0.1, 0.15) is 0 Å². The molecular formula is C18H27N3O2. The molecule has 2 rings (SSSR count). The van der Waals surface area contributed by atoms with Crippen LogP contribution in [-0.4, -0.2) is 49.4 Å². The number of rotatable bonds is 5. The van der Waals surface area contributed by atoms with E-state index in [1.54, 1.807) is 6.92 Å². The molecule has 0 bridgehead atoms. The number of piperidine rings is 1. The Hall–Kier alpha value is -2.04. The number of likely N-dealkylation sites (N-methyl/N-ethyl adjacent to an activating group) is 1. The number of amides is 2. The molecule has 1 aliphatic rings. The lowest BCUT2D eigenvalue weighted by Gasteiger charge is -2.31. The van der Waals surface area contributed by atoms with E-state index in [0.29, 0.717) is 19.6 Å². The second-order valence-corrected chi connectivity index (χ2v) is 6.32. The van der Waals surface area contributed by atoms with Crippen molar-refractivity contribution in [1.29, 1.82) is 0 Å². The Labute approximate surface area is 138 Å². The molecule has 0 radical (unpaired) electrons. The van der Waals surface area contributed by atoms with Crippen LogP contribution in [0.4, 0.5) is 5.69 Å². The standard InChI is InChI=1S/C18H27N3O2/c1-14(20(3)17-7-5-4-6-8-17)13-19-18(23)16-9-11-21(12-10-16)15(2)22/h4-8,14,16H,9-13H2,1-3H3,(H,19,23)/t14-/m1/s1. The second kappa shape index (κ2) is 7.99. The molecular weight excluding hydrogens is 290 g/mol. The van der Waals surface area contributed by atoms with Crippen LogP contribution < -0.4 is 10.2 Å². The van der Waals surface area contributed by atoms with E-state index >= 15 is 0 Å². The van der Waals surface area contributed by atoms with Crippen LogP contribution in [0.25, 0.3) is 0 Å². The Kier molecular flexibility index (Phi) is 6.02. The van der Waals surface area contributed by atoms with Crippen molar-refractivity contribution < 1.29 is 9.59 Å². The number of hydrogen-bond donors (Lipinski definition) is 1. The van der Waals surface area contributed by atoms with Crippen molar-refractivity contribution in [3.05, 3.63) is 30.3 Å². The van der Waals surface area contributed by atoms with E-state index in [2.05, 4.69) is 29.3 Å². The van der Waals surface area contributed by atoms with Gasteiger partial charge in [-0.05, 0) is 31.9 Å². The van der Waals surface area contributed by atoms with Gasteiger partial charge in [-0.2, -0.15) is 0 Å². The molecule has 1 aromatic rings. The van der Waals surface area contributed by atoms with Crippen molar-refractivity contribution in [1.82, 2.24) is 10.2 Å². The first-order chi connectivity index (χ1) is 11.0. The van der Waals surface area contributed by atoms with E-state index < -0.39 is 0 Å². The highest BCUT2D eigenvalue weighted by molar-refractivity contribution is 5.79. The highest BCUT2D eigenvalue weighted by Crippen LogP contribution is 2.18. The van der Waals surface area contributed by atoms with E-state index in [4.69, 9.17) is 0 Å².